The molecule has 0 saturated carbocycles. The van der Waals surface area contributed by atoms with Crippen molar-refractivity contribution in [2.24, 2.45) is 0 Å². The summed E-state index contributed by atoms with van der Waals surface area (Å²) in [5.41, 5.74) is 2.02. The van der Waals surface area contributed by atoms with Crippen molar-refractivity contribution in [2.45, 2.75) is 50.7 Å². The van der Waals surface area contributed by atoms with Gasteiger partial charge in [-0.25, -0.2) is 32.9 Å². The van der Waals surface area contributed by atoms with Crippen molar-refractivity contribution >= 4 is 28.5 Å². The molecule has 1 aliphatic heterocycles. The molecule has 1 aromatic carbocycles. The van der Waals surface area contributed by atoms with E-state index in [-0.39, 0.29) is 23.1 Å². The number of aliphatic carboxylic acids is 1. The van der Waals surface area contributed by atoms with E-state index in [2.05, 4.69) is 32.7 Å². The number of fused-ring (bicyclic) bond motifs is 2. The summed E-state index contributed by atoms with van der Waals surface area (Å²) in [6, 6.07) is 5.37. The summed E-state index contributed by atoms with van der Waals surface area (Å²) in [5, 5.41) is 16.2. The molecule has 216 valence electrons. The summed E-state index contributed by atoms with van der Waals surface area (Å²) in [6.07, 6.45) is 5.20. The normalized spacial score (nSPS) is 14.5. The first-order valence-corrected chi connectivity index (χ1v) is 13.5. The van der Waals surface area contributed by atoms with E-state index in [9.17, 15) is 23.1 Å². The van der Waals surface area contributed by atoms with Gasteiger partial charge in [0.15, 0.2) is 11.6 Å². The van der Waals surface area contributed by atoms with E-state index in [1.54, 1.807) is 0 Å². The summed E-state index contributed by atoms with van der Waals surface area (Å²) in [6.45, 7) is 1.55. The average molecular weight is 561 g/mol. The predicted molar refractivity (Wildman–Crippen MR) is 146 cm³/mol. The van der Waals surface area contributed by atoms with E-state index in [4.69, 9.17) is 9.72 Å². The monoisotopic (exact) mass is 560 g/mol. The Morgan fingerprint density at radius 1 is 1.20 bits per heavy atom. The zero-order chi connectivity index (χ0) is 28.5. The average Bonchev–Trinajstić information content (AvgIpc) is 2.97. The lowest BCUT2D eigenvalue weighted by molar-refractivity contribution is -0.138. The van der Waals surface area contributed by atoms with E-state index < -0.39 is 36.4 Å². The molecule has 1 aliphatic rings. The molecule has 1 unspecified atom stereocenters. The van der Waals surface area contributed by atoms with Crippen molar-refractivity contribution in [3.63, 3.8) is 0 Å². The van der Waals surface area contributed by atoms with Crippen LogP contribution in [-0.2, 0) is 22.4 Å². The molecule has 0 fully saturated rings. The lowest BCUT2D eigenvalue weighted by Gasteiger charge is -2.27. The number of nitrogens with one attached hydrogen (secondary N) is 2. The number of alkyl halides is 1. The number of unbranched alkanes of at least 4 members (excludes halogenated alkanes) is 1. The molecule has 3 aromatic rings. The number of hydrogen-bond donors (Lipinski definition) is 3. The number of halogens is 3. The molecule has 0 spiro atoms. The molecule has 2 atom stereocenters. The Kier molecular flexibility index (Phi) is 10.5. The third-order valence-electron chi connectivity index (χ3n) is 7.12. The number of anilines is 2. The standard InChI is InChI=1S/C28H35F3N6O3/c1-40-20(15-29)16-37(13-3-2-6-19-8-7-18-5-4-12-32-26(18)35-19)14-11-23(28(38)39)36-27-21-9-10-22(30)24(31)25(21)33-17-34-27/h7-10,17,20,23H,2-6,11-16H2,1H3,(H,32,35)(H,38,39)(H,33,34,36)/t20-,23?/m1/s1. The summed E-state index contributed by atoms with van der Waals surface area (Å²) in [5.74, 6) is -2.25. The molecule has 0 saturated heterocycles. The number of methoxy groups -OCH3 is 1. The fourth-order valence-corrected chi connectivity index (χ4v) is 4.84. The molecule has 3 heterocycles. The van der Waals surface area contributed by atoms with Crippen LogP contribution in [0, 0.1) is 11.6 Å². The highest BCUT2D eigenvalue weighted by Gasteiger charge is 2.23. The van der Waals surface area contributed by atoms with Gasteiger partial charge in [-0.2, -0.15) is 0 Å². The van der Waals surface area contributed by atoms with Crippen LogP contribution < -0.4 is 10.6 Å². The molecular formula is C28H35F3N6O3. The third-order valence-corrected chi connectivity index (χ3v) is 7.12. The number of aryl methyl sites for hydroxylation is 2. The van der Waals surface area contributed by atoms with Crippen molar-refractivity contribution < 1.29 is 27.8 Å². The Morgan fingerprint density at radius 3 is 2.83 bits per heavy atom. The van der Waals surface area contributed by atoms with Gasteiger partial charge in [0.1, 0.15) is 36.2 Å². The largest absolute Gasteiger partial charge is 0.480 e. The van der Waals surface area contributed by atoms with Gasteiger partial charge in [-0.1, -0.05) is 6.07 Å². The fourth-order valence-electron chi connectivity index (χ4n) is 4.84. The first-order valence-electron chi connectivity index (χ1n) is 13.5. The summed E-state index contributed by atoms with van der Waals surface area (Å²) >= 11 is 0. The number of nitrogens with zero attached hydrogens (tertiary/aromatic N) is 4. The van der Waals surface area contributed by atoms with Crippen LogP contribution in [0.3, 0.4) is 0 Å². The van der Waals surface area contributed by atoms with Crippen molar-refractivity contribution in [3.05, 3.63) is 53.5 Å². The van der Waals surface area contributed by atoms with Gasteiger partial charge in [0.05, 0.1) is 6.10 Å². The maximum atomic E-state index is 14.2. The highest BCUT2D eigenvalue weighted by molar-refractivity contribution is 5.91. The third kappa shape index (κ3) is 7.57. The highest BCUT2D eigenvalue weighted by atomic mass is 19.2. The Labute approximate surface area is 231 Å². The van der Waals surface area contributed by atoms with Crippen molar-refractivity contribution in [1.82, 2.24) is 19.9 Å². The van der Waals surface area contributed by atoms with Gasteiger partial charge in [0.2, 0.25) is 0 Å². The van der Waals surface area contributed by atoms with E-state index >= 15 is 0 Å². The van der Waals surface area contributed by atoms with Gasteiger partial charge in [-0.3, -0.25) is 0 Å². The summed E-state index contributed by atoms with van der Waals surface area (Å²) in [7, 11) is 1.45. The van der Waals surface area contributed by atoms with Crippen LogP contribution in [0.15, 0.2) is 30.6 Å². The Morgan fingerprint density at radius 2 is 2.05 bits per heavy atom. The van der Waals surface area contributed by atoms with Crippen LogP contribution in [0.2, 0.25) is 0 Å². The molecule has 4 rings (SSSR count). The van der Waals surface area contributed by atoms with Crippen LogP contribution in [-0.4, -0.2) is 83.0 Å². The van der Waals surface area contributed by atoms with E-state index in [1.807, 2.05) is 4.90 Å². The van der Waals surface area contributed by atoms with Gasteiger partial charge in [-0.05, 0) is 68.8 Å². The minimum atomic E-state index is -1.13. The number of carbonyl (C=O) groups is 1. The van der Waals surface area contributed by atoms with Crippen LogP contribution in [0.4, 0.5) is 24.8 Å². The molecule has 40 heavy (non-hydrogen) atoms. The van der Waals surface area contributed by atoms with Crippen molar-refractivity contribution in [3.8, 4) is 0 Å². The van der Waals surface area contributed by atoms with Gasteiger partial charge in [0.25, 0.3) is 0 Å². The molecule has 0 aliphatic carbocycles. The second-order valence-electron chi connectivity index (χ2n) is 9.91. The zero-order valence-electron chi connectivity index (χ0n) is 22.5. The SMILES string of the molecule is CO[C@H](CF)CN(CCCCc1ccc2c(n1)NCCC2)CCC(Nc1ncnc2c(F)c(F)ccc12)C(=O)O. The minimum absolute atomic E-state index is 0.0911. The Balaban J connectivity index is 1.36. The molecule has 12 heteroatoms. The van der Waals surface area contributed by atoms with Crippen LogP contribution in [0.1, 0.15) is 36.9 Å². The van der Waals surface area contributed by atoms with Crippen molar-refractivity contribution in [1.29, 1.82) is 0 Å². The van der Waals surface area contributed by atoms with Gasteiger partial charge in [-0.15, -0.1) is 0 Å². The number of ether oxygens (including phenoxy) is 1. The molecule has 2 aromatic heterocycles. The van der Waals surface area contributed by atoms with Gasteiger partial charge < -0.3 is 25.4 Å². The summed E-state index contributed by atoms with van der Waals surface area (Å²) < 4.78 is 46.5. The number of aromatic nitrogens is 3. The smallest absolute Gasteiger partial charge is 0.326 e. The quantitative estimate of drug-likeness (QED) is 0.235. The molecule has 0 bridgehead atoms. The molecule has 0 amide bonds. The first-order chi connectivity index (χ1) is 19.4. The molecular weight excluding hydrogens is 525 g/mol. The number of carboxylic acid groups (broad SMARTS) is 1. The van der Waals surface area contributed by atoms with E-state index in [0.29, 0.717) is 19.6 Å². The number of hydrogen-bond acceptors (Lipinski definition) is 8. The van der Waals surface area contributed by atoms with E-state index in [0.717, 1.165) is 62.6 Å². The van der Waals surface area contributed by atoms with E-state index in [1.165, 1.54) is 18.7 Å². The molecule has 3 N–H and O–H groups in total. The predicted octanol–water partition coefficient (Wildman–Crippen LogP) is 4.23. The van der Waals surface area contributed by atoms with Gasteiger partial charge >= 0.3 is 5.97 Å². The second kappa shape index (κ2) is 14.2. The number of benzene rings is 1. The van der Waals surface area contributed by atoms with Crippen LogP contribution >= 0.6 is 0 Å². The topological polar surface area (TPSA) is 113 Å². The minimum Gasteiger partial charge on any atom is -0.480 e. The molecule has 0 radical (unpaired) electrons. The van der Waals surface area contributed by atoms with Crippen LogP contribution in [0.25, 0.3) is 10.9 Å². The lowest BCUT2D eigenvalue weighted by atomic mass is 10.1. The van der Waals surface area contributed by atoms with Gasteiger partial charge in [0, 0.05) is 37.8 Å². The fraction of sp³-hybridized carbons (Fsp3) is 0.500. The number of carboxylic acids is 1. The maximum Gasteiger partial charge on any atom is 0.326 e. The second-order valence-corrected chi connectivity index (χ2v) is 9.91. The Bertz CT molecular complexity index is 1290. The summed E-state index contributed by atoms with van der Waals surface area (Å²) in [4.78, 5) is 26.6. The van der Waals surface area contributed by atoms with Crippen molar-refractivity contribution in [2.75, 3.05) is 50.6 Å². The lowest BCUT2D eigenvalue weighted by Crippen LogP contribution is -2.39. The number of rotatable bonds is 15. The highest BCUT2D eigenvalue weighted by Crippen LogP contribution is 2.24. The number of pyridine rings is 1. The zero-order valence-corrected chi connectivity index (χ0v) is 22.5. The maximum absolute atomic E-state index is 14.2. The Hall–Kier alpha value is -3.51. The molecule has 9 nitrogen and oxygen atoms in total. The first kappa shape index (κ1) is 29.5. The van der Waals surface area contributed by atoms with Crippen LogP contribution in [0.5, 0.6) is 0 Å².